The van der Waals surface area contributed by atoms with Crippen LogP contribution in [0.25, 0.3) is 0 Å². The number of carbonyl (C=O) groups excluding carboxylic acids is 1. The Morgan fingerprint density at radius 2 is 1.93 bits per heavy atom. The van der Waals surface area contributed by atoms with Crippen molar-refractivity contribution in [3.05, 3.63) is 58.1 Å². The topological polar surface area (TPSA) is 66.5 Å². The molecule has 1 N–H and O–H groups in total. The number of hydrogen-bond acceptors (Lipinski definition) is 3. The fraction of sp³-hybridized carbons (Fsp3) is 0.286. The second kappa shape index (κ2) is 8.48. The summed E-state index contributed by atoms with van der Waals surface area (Å²) in [6.07, 6.45) is 8.23. The van der Waals surface area contributed by atoms with E-state index < -0.39 is 10.0 Å². The van der Waals surface area contributed by atoms with Crippen LogP contribution in [0.5, 0.6) is 0 Å². The van der Waals surface area contributed by atoms with Gasteiger partial charge < -0.3 is 5.32 Å². The number of anilines is 1. The monoisotopic (exact) mass is 460 g/mol. The molecule has 1 atom stereocenters. The van der Waals surface area contributed by atoms with Crippen LogP contribution in [0.3, 0.4) is 0 Å². The Morgan fingerprint density at radius 1 is 1.21 bits per heavy atom. The fourth-order valence-electron chi connectivity index (χ4n) is 3.25. The minimum atomic E-state index is -3.53. The Kier molecular flexibility index (Phi) is 6.23. The summed E-state index contributed by atoms with van der Waals surface area (Å²) in [5.74, 6) is 2.20. The Hall–Kier alpha value is -2.14. The van der Waals surface area contributed by atoms with Crippen molar-refractivity contribution in [1.29, 1.82) is 0 Å². The molecule has 2 aromatic rings. The van der Waals surface area contributed by atoms with Gasteiger partial charge in [-0.15, -0.1) is 6.42 Å². The van der Waals surface area contributed by atoms with Gasteiger partial charge in [-0.2, -0.15) is 4.31 Å². The smallest absolute Gasteiger partial charge is 0.255 e. The first-order valence-corrected chi connectivity index (χ1v) is 11.3. The van der Waals surface area contributed by atoms with E-state index in [4.69, 9.17) is 6.42 Å². The zero-order valence-corrected chi connectivity index (χ0v) is 17.9. The van der Waals surface area contributed by atoms with Crippen LogP contribution in [0.4, 0.5) is 5.69 Å². The van der Waals surface area contributed by atoms with E-state index in [-0.39, 0.29) is 16.8 Å². The van der Waals surface area contributed by atoms with E-state index in [1.54, 1.807) is 34.6 Å². The molecule has 0 aliphatic carbocycles. The number of nitrogens with one attached hydrogen (secondary N) is 1. The number of carbonyl (C=O) groups is 1. The van der Waals surface area contributed by atoms with Crippen molar-refractivity contribution in [1.82, 2.24) is 4.31 Å². The van der Waals surface area contributed by atoms with E-state index in [0.717, 1.165) is 23.7 Å². The Bertz CT molecular complexity index is 1030. The van der Waals surface area contributed by atoms with Crippen molar-refractivity contribution in [2.75, 3.05) is 11.9 Å². The van der Waals surface area contributed by atoms with Gasteiger partial charge in [0, 0.05) is 33.9 Å². The van der Waals surface area contributed by atoms with Crippen LogP contribution in [0.1, 0.15) is 42.1 Å². The Balaban J connectivity index is 1.76. The zero-order chi connectivity index (χ0) is 20.3. The number of piperidine rings is 1. The molecule has 0 saturated carbocycles. The summed E-state index contributed by atoms with van der Waals surface area (Å²) in [5, 5.41) is 2.76. The summed E-state index contributed by atoms with van der Waals surface area (Å²) in [4.78, 5) is 12.7. The van der Waals surface area contributed by atoms with Gasteiger partial charge in [-0.05, 0) is 78.2 Å². The maximum Gasteiger partial charge on any atom is 0.255 e. The molecule has 0 aromatic heterocycles. The zero-order valence-electron chi connectivity index (χ0n) is 15.5. The highest BCUT2D eigenvalue weighted by Crippen LogP contribution is 2.26. The second-order valence-electron chi connectivity index (χ2n) is 6.78. The van der Waals surface area contributed by atoms with Crippen LogP contribution in [-0.2, 0) is 10.0 Å². The summed E-state index contributed by atoms with van der Waals surface area (Å²) in [6.45, 7) is 2.48. The number of sulfonamides is 1. The first-order valence-electron chi connectivity index (χ1n) is 9.02. The summed E-state index contributed by atoms with van der Waals surface area (Å²) < 4.78 is 28.0. The first-order chi connectivity index (χ1) is 13.3. The molecule has 1 heterocycles. The minimum Gasteiger partial charge on any atom is -0.322 e. The number of terminal acetylenes is 1. The maximum atomic E-state index is 12.9. The lowest BCUT2D eigenvalue weighted by atomic mass is 10.1. The molecule has 3 rings (SSSR count). The van der Waals surface area contributed by atoms with Crippen molar-refractivity contribution in [2.24, 2.45) is 0 Å². The molecule has 1 aliphatic heterocycles. The predicted octanol–water partition coefficient (Wildman–Crippen LogP) is 4.25. The normalized spacial score (nSPS) is 17.7. The molecular weight excluding hydrogens is 440 g/mol. The van der Waals surface area contributed by atoms with E-state index in [1.807, 2.05) is 6.92 Å². The van der Waals surface area contributed by atoms with Crippen LogP contribution < -0.4 is 5.32 Å². The largest absolute Gasteiger partial charge is 0.322 e. The lowest BCUT2D eigenvalue weighted by molar-refractivity contribution is 0.102. The van der Waals surface area contributed by atoms with Crippen molar-refractivity contribution < 1.29 is 13.2 Å². The molecule has 0 bridgehead atoms. The summed E-state index contributed by atoms with van der Waals surface area (Å²) in [6, 6.07) is 11.3. The fourth-order valence-corrected chi connectivity index (χ4v) is 5.32. The van der Waals surface area contributed by atoms with Crippen molar-refractivity contribution in [3.8, 4) is 12.3 Å². The van der Waals surface area contributed by atoms with Crippen LogP contribution >= 0.6 is 15.9 Å². The lowest BCUT2D eigenvalue weighted by Crippen LogP contribution is -2.41. The SMILES string of the molecule is C#Cc1cc(C(=O)Nc2ccc(S(=O)(=O)N3CCCCC3C)cc2)ccc1Br. The summed E-state index contributed by atoms with van der Waals surface area (Å²) in [7, 11) is -3.53. The van der Waals surface area contributed by atoms with Crippen molar-refractivity contribution in [3.63, 3.8) is 0 Å². The number of benzene rings is 2. The Morgan fingerprint density at radius 3 is 2.57 bits per heavy atom. The molecule has 146 valence electrons. The van der Waals surface area contributed by atoms with Gasteiger partial charge in [-0.25, -0.2) is 8.42 Å². The molecule has 5 nitrogen and oxygen atoms in total. The molecular formula is C21H21BrN2O3S. The third-order valence-corrected chi connectivity index (χ3v) is 7.56. The van der Waals surface area contributed by atoms with Crippen molar-refractivity contribution >= 4 is 37.5 Å². The molecule has 1 amide bonds. The molecule has 0 spiro atoms. The lowest BCUT2D eigenvalue weighted by Gasteiger charge is -2.32. The van der Waals surface area contributed by atoms with E-state index >= 15 is 0 Å². The van der Waals surface area contributed by atoms with Gasteiger partial charge in [0.25, 0.3) is 5.91 Å². The van der Waals surface area contributed by atoms with Gasteiger partial charge in [0.1, 0.15) is 0 Å². The maximum absolute atomic E-state index is 12.9. The molecule has 0 radical (unpaired) electrons. The number of nitrogens with zero attached hydrogens (tertiary/aromatic N) is 1. The van der Waals surface area contributed by atoms with E-state index in [1.165, 1.54) is 12.1 Å². The van der Waals surface area contributed by atoms with Crippen LogP contribution in [0, 0.1) is 12.3 Å². The second-order valence-corrected chi connectivity index (χ2v) is 9.52. The minimum absolute atomic E-state index is 0.000819. The quantitative estimate of drug-likeness (QED) is 0.693. The van der Waals surface area contributed by atoms with E-state index in [0.29, 0.717) is 23.4 Å². The highest BCUT2D eigenvalue weighted by molar-refractivity contribution is 9.10. The van der Waals surface area contributed by atoms with Gasteiger partial charge in [0.15, 0.2) is 0 Å². The molecule has 1 saturated heterocycles. The summed E-state index contributed by atoms with van der Waals surface area (Å²) >= 11 is 3.33. The molecule has 1 fully saturated rings. The van der Waals surface area contributed by atoms with E-state index in [2.05, 4.69) is 27.2 Å². The van der Waals surface area contributed by atoms with Gasteiger partial charge in [0.05, 0.1) is 4.90 Å². The average Bonchev–Trinajstić information content (AvgIpc) is 2.69. The molecule has 1 aliphatic rings. The molecule has 7 heteroatoms. The highest BCUT2D eigenvalue weighted by Gasteiger charge is 2.30. The van der Waals surface area contributed by atoms with Crippen LogP contribution in [0.2, 0.25) is 0 Å². The third kappa shape index (κ3) is 4.30. The number of halogens is 1. The van der Waals surface area contributed by atoms with Gasteiger partial charge >= 0.3 is 0 Å². The van der Waals surface area contributed by atoms with Crippen molar-refractivity contribution in [2.45, 2.75) is 37.1 Å². The highest BCUT2D eigenvalue weighted by atomic mass is 79.9. The number of amides is 1. The molecule has 1 unspecified atom stereocenters. The average molecular weight is 461 g/mol. The van der Waals surface area contributed by atoms with E-state index in [9.17, 15) is 13.2 Å². The summed E-state index contributed by atoms with van der Waals surface area (Å²) in [5.41, 5.74) is 1.53. The number of rotatable bonds is 4. The predicted molar refractivity (Wildman–Crippen MR) is 114 cm³/mol. The molecule has 2 aromatic carbocycles. The Labute approximate surface area is 174 Å². The number of hydrogen-bond donors (Lipinski definition) is 1. The molecule has 28 heavy (non-hydrogen) atoms. The third-order valence-electron chi connectivity index (χ3n) is 4.84. The standard InChI is InChI=1S/C21H21BrN2O3S/c1-3-16-14-17(7-12-20(16)22)21(25)23-18-8-10-19(11-9-18)28(26,27)24-13-5-4-6-15(24)2/h1,7-12,14-15H,4-6,13H2,2H3,(H,23,25). The van der Waals surface area contributed by atoms with Crippen LogP contribution in [-0.4, -0.2) is 31.2 Å². The first kappa shape index (κ1) is 20.6. The van der Waals surface area contributed by atoms with Gasteiger partial charge in [-0.3, -0.25) is 4.79 Å². The van der Waals surface area contributed by atoms with Crippen LogP contribution in [0.15, 0.2) is 51.8 Å². The van der Waals surface area contributed by atoms with Gasteiger partial charge in [0.2, 0.25) is 10.0 Å². The van der Waals surface area contributed by atoms with Gasteiger partial charge in [-0.1, -0.05) is 12.3 Å².